The van der Waals surface area contributed by atoms with Crippen LogP contribution >= 0.6 is 23.2 Å². The Labute approximate surface area is 205 Å². The van der Waals surface area contributed by atoms with Crippen molar-refractivity contribution < 1.29 is 22.7 Å². The van der Waals surface area contributed by atoms with Gasteiger partial charge in [-0.15, -0.1) is 0 Å². The van der Waals surface area contributed by atoms with Gasteiger partial charge in [-0.25, -0.2) is 12.7 Å². The quantitative estimate of drug-likeness (QED) is 0.527. The summed E-state index contributed by atoms with van der Waals surface area (Å²) in [6, 6.07) is 10.5. The highest BCUT2D eigenvalue weighted by Gasteiger charge is 2.33. The van der Waals surface area contributed by atoms with E-state index < -0.39 is 10.0 Å². The zero-order valence-corrected chi connectivity index (χ0v) is 21.2. The molecule has 0 atom stereocenters. The molecule has 0 radical (unpaired) electrons. The molecule has 0 aliphatic carbocycles. The number of carbonyl (C=O) groups excluding carboxylic acids is 1. The summed E-state index contributed by atoms with van der Waals surface area (Å²) in [7, 11) is 1.29. The summed E-state index contributed by atoms with van der Waals surface area (Å²) in [4.78, 5) is 14.7. The van der Waals surface area contributed by atoms with E-state index in [4.69, 9.17) is 32.7 Å². The lowest BCUT2D eigenvalue weighted by Crippen LogP contribution is -2.43. The molecule has 1 heterocycles. The monoisotopic (exact) mass is 514 g/mol. The number of rotatable bonds is 8. The third-order valence-electron chi connectivity index (χ3n) is 5.83. The number of nitrogens with zero attached hydrogens (tertiary/aromatic N) is 2. The second-order valence-corrected chi connectivity index (χ2v) is 10.8. The Morgan fingerprint density at radius 1 is 1.06 bits per heavy atom. The summed E-state index contributed by atoms with van der Waals surface area (Å²) < 4.78 is 37.8. The summed E-state index contributed by atoms with van der Waals surface area (Å²) in [6.07, 6.45) is 0.926. The third kappa shape index (κ3) is 6.12. The molecule has 0 N–H and O–H groups in total. The van der Waals surface area contributed by atoms with Crippen LogP contribution in [-0.4, -0.2) is 57.9 Å². The molecule has 2 aromatic carbocycles. The Morgan fingerprint density at radius 2 is 1.67 bits per heavy atom. The molecule has 0 spiro atoms. The second-order valence-electron chi connectivity index (χ2n) is 8.01. The van der Waals surface area contributed by atoms with E-state index in [1.807, 2.05) is 12.1 Å². The summed E-state index contributed by atoms with van der Waals surface area (Å²) in [5.74, 6) is 0.736. The lowest BCUT2D eigenvalue weighted by molar-refractivity contribution is -0.135. The van der Waals surface area contributed by atoms with Crippen LogP contribution < -0.4 is 9.47 Å². The van der Waals surface area contributed by atoms with Gasteiger partial charge in [-0.2, -0.15) is 0 Å². The van der Waals surface area contributed by atoms with Gasteiger partial charge in [-0.3, -0.25) is 4.79 Å². The van der Waals surface area contributed by atoms with Gasteiger partial charge in [0.2, 0.25) is 15.9 Å². The van der Waals surface area contributed by atoms with E-state index >= 15 is 0 Å². The number of piperidine rings is 1. The number of methoxy groups -OCH3 is 2. The minimum absolute atomic E-state index is 0.00372. The zero-order chi connectivity index (χ0) is 24.2. The van der Waals surface area contributed by atoms with Gasteiger partial charge in [-0.05, 0) is 42.7 Å². The van der Waals surface area contributed by atoms with Crippen LogP contribution in [0, 0.1) is 5.92 Å². The smallest absolute Gasteiger partial charge is 0.225 e. The Balaban J connectivity index is 1.59. The first-order chi connectivity index (χ1) is 15.7. The van der Waals surface area contributed by atoms with E-state index in [1.54, 1.807) is 50.4 Å². The number of carbonyl (C=O) groups is 1. The van der Waals surface area contributed by atoms with Crippen LogP contribution in [0.2, 0.25) is 10.0 Å². The number of halogens is 2. The minimum atomic E-state index is -3.60. The molecule has 33 heavy (non-hydrogen) atoms. The fourth-order valence-corrected chi connectivity index (χ4v) is 6.28. The molecule has 1 amide bonds. The van der Waals surface area contributed by atoms with Crippen molar-refractivity contribution in [1.82, 2.24) is 9.21 Å². The van der Waals surface area contributed by atoms with Crippen molar-refractivity contribution in [2.75, 3.05) is 34.4 Å². The van der Waals surface area contributed by atoms with Crippen molar-refractivity contribution in [1.29, 1.82) is 0 Å². The van der Waals surface area contributed by atoms with Crippen molar-refractivity contribution >= 4 is 39.1 Å². The summed E-state index contributed by atoms with van der Waals surface area (Å²) >= 11 is 12.3. The average Bonchev–Trinajstić information content (AvgIpc) is 2.81. The molecule has 10 heteroatoms. The van der Waals surface area contributed by atoms with Gasteiger partial charge in [-0.1, -0.05) is 35.3 Å². The largest absolute Gasteiger partial charge is 0.493 e. The van der Waals surface area contributed by atoms with Crippen molar-refractivity contribution in [3.8, 4) is 11.5 Å². The van der Waals surface area contributed by atoms with Crippen LogP contribution in [0.15, 0.2) is 36.4 Å². The summed E-state index contributed by atoms with van der Waals surface area (Å²) in [6.45, 7) is 0.985. The molecule has 3 rings (SSSR count). The lowest BCUT2D eigenvalue weighted by atomic mass is 9.96. The normalized spacial score (nSPS) is 15.3. The lowest BCUT2D eigenvalue weighted by Gasteiger charge is -2.32. The van der Waals surface area contributed by atoms with E-state index in [1.165, 1.54) is 4.31 Å². The van der Waals surface area contributed by atoms with Crippen LogP contribution in [0.25, 0.3) is 0 Å². The Kier molecular flexibility index (Phi) is 8.50. The zero-order valence-electron chi connectivity index (χ0n) is 18.9. The third-order valence-corrected chi connectivity index (χ3v) is 8.34. The number of hydrogen-bond donors (Lipinski definition) is 0. The van der Waals surface area contributed by atoms with E-state index in [2.05, 4.69) is 0 Å². The summed E-state index contributed by atoms with van der Waals surface area (Å²) in [5.41, 5.74) is 1.31. The van der Waals surface area contributed by atoms with Crippen LogP contribution in [0.4, 0.5) is 0 Å². The van der Waals surface area contributed by atoms with E-state index in [0.29, 0.717) is 46.5 Å². The SMILES string of the molecule is COc1ccc(CN(C)C(=O)C2CCN(S(=O)(=O)Cc3c(Cl)cccc3Cl)CC2)cc1OC. The summed E-state index contributed by atoms with van der Waals surface area (Å²) in [5, 5.41) is 0.654. The molecule has 2 aromatic rings. The Bertz CT molecular complexity index is 1080. The standard InChI is InChI=1S/C23H28Cl2N2O5S/c1-26(14-16-7-8-21(31-2)22(13-16)32-3)23(28)17-9-11-27(12-10-17)33(29,30)15-18-19(24)5-4-6-20(18)25/h4-8,13,17H,9-12,14-15H2,1-3H3. The maximum absolute atomic E-state index is 13.0. The van der Waals surface area contributed by atoms with Crippen molar-refractivity contribution in [3.05, 3.63) is 57.6 Å². The highest BCUT2D eigenvalue weighted by Crippen LogP contribution is 2.30. The maximum Gasteiger partial charge on any atom is 0.225 e. The molecule has 1 saturated heterocycles. The molecular formula is C23H28Cl2N2O5S. The Morgan fingerprint density at radius 3 is 2.24 bits per heavy atom. The number of hydrogen-bond acceptors (Lipinski definition) is 5. The van der Waals surface area contributed by atoms with Gasteiger partial charge < -0.3 is 14.4 Å². The molecule has 0 saturated carbocycles. The molecule has 1 aliphatic heterocycles. The number of benzene rings is 2. The van der Waals surface area contributed by atoms with E-state index in [9.17, 15) is 13.2 Å². The fourth-order valence-electron chi connectivity index (χ4n) is 3.97. The van der Waals surface area contributed by atoms with Crippen molar-refractivity contribution in [2.45, 2.75) is 25.1 Å². The van der Waals surface area contributed by atoms with Gasteiger partial charge in [0.1, 0.15) is 0 Å². The minimum Gasteiger partial charge on any atom is -0.493 e. The number of amides is 1. The molecule has 1 fully saturated rings. The molecular weight excluding hydrogens is 487 g/mol. The van der Waals surface area contributed by atoms with E-state index in [-0.39, 0.29) is 30.7 Å². The highest BCUT2D eigenvalue weighted by atomic mass is 35.5. The molecule has 0 unspecified atom stereocenters. The Hall–Kier alpha value is -2.00. The number of ether oxygens (including phenoxy) is 2. The number of sulfonamides is 1. The molecule has 0 bridgehead atoms. The molecule has 0 aromatic heterocycles. The average molecular weight is 515 g/mol. The van der Waals surface area contributed by atoms with Gasteiger partial charge in [0, 0.05) is 48.2 Å². The molecule has 1 aliphatic rings. The topological polar surface area (TPSA) is 76.2 Å². The maximum atomic E-state index is 13.0. The highest BCUT2D eigenvalue weighted by molar-refractivity contribution is 7.88. The van der Waals surface area contributed by atoms with Crippen molar-refractivity contribution in [3.63, 3.8) is 0 Å². The first kappa shape index (κ1) is 25.6. The molecule has 7 nitrogen and oxygen atoms in total. The predicted octanol–water partition coefficient (Wildman–Crippen LogP) is 4.21. The van der Waals surface area contributed by atoms with Crippen LogP contribution in [0.1, 0.15) is 24.0 Å². The van der Waals surface area contributed by atoms with E-state index in [0.717, 1.165) is 5.56 Å². The van der Waals surface area contributed by atoms with Gasteiger partial charge in [0.05, 0.1) is 20.0 Å². The van der Waals surface area contributed by atoms with Gasteiger partial charge in [0.15, 0.2) is 11.5 Å². The van der Waals surface area contributed by atoms with Crippen molar-refractivity contribution in [2.24, 2.45) is 5.92 Å². The first-order valence-corrected chi connectivity index (χ1v) is 12.9. The van der Waals surface area contributed by atoms with Crippen LogP contribution in [0.3, 0.4) is 0 Å². The van der Waals surface area contributed by atoms with Gasteiger partial charge >= 0.3 is 0 Å². The predicted molar refractivity (Wildman–Crippen MR) is 129 cm³/mol. The van der Waals surface area contributed by atoms with Crippen LogP contribution in [-0.2, 0) is 27.1 Å². The second kappa shape index (κ2) is 11.0. The molecule has 180 valence electrons. The van der Waals surface area contributed by atoms with Crippen LogP contribution in [0.5, 0.6) is 11.5 Å². The first-order valence-electron chi connectivity index (χ1n) is 10.5. The van der Waals surface area contributed by atoms with Gasteiger partial charge in [0.25, 0.3) is 0 Å². The fraction of sp³-hybridized carbons (Fsp3) is 0.435.